The summed E-state index contributed by atoms with van der Waals surface area (Å²) in [5, 5.41) is 5.44. The molecule has 16 heteroatoms. The van der Waals surface area contributed by atoms with E-state index in [2.05, 4.69) is 112 Å². The Morgan fingerprint density at radius 2 is 1.17 bits per heavy atom. The molecule has 2 aliphatic rings. The van der Waals surface area contributed by atoms with Crippen molar-refractivity contribution in [3.05, 3.63) is 69.9 Å². The number of amides is 4. The number of hydrogen-bond donors (Lipinski definition) is 4. The third-order valence-electron chi connectivity index (χ3n) is 11.6. The molecule has 2 aromatic carbocycles. The molecule has 7 rings (SSSR count). The standard InChI is InChI=1S/C44H53IN8O6S/c1-22(2)34(48-43(56)58-7)41(54)52-20-24(5)17-31(52)38-46-30-19-33(60-40(30)51-38)28-13-9-26(10-14-28)27-11-15-29(16-12-27)36-37(45)50-39(47-36)32-18-25(6)21-53(32)42(55)35(23(3)4)49-44(57)59-8/h9-16,19,22-25,31-32,34-35H,17-18,20-21H2,1-8H3,(H,46,51)(H,47,50)(H,48,56)(H,49,57)/t24-,25-,31-,32-,34-,35-/m0/s1. The largest absolute Gasteiger partial charge is 0.453 e. The van der Waals surface area contributed by atoms with Crippen molar-refractivity contribution >= 4 is 68.3 Å². The Bertz CT molecular complexity index is 2320. The molecule has 2 saturated heterocycles. The first kappa shape index (κ1) is 43.1. The van der Waals surface area contributed by atoms with Gasteiger partial charge in [0.1, 0.15) is 37.8 Å². The highest BCUT2D eigenvalue weighted by Crippen LogP contribution is 2.40. The monoisotopic (exact) mass is 948 g/mol. The molecule has 2 aliphatic heterocycles. The number of nitrogens with one attached hydrogen (secondary N) is 4. The minimum atomic E-state index is -0.702. The van der Waals surface area contributed by atoms with Crippen LogP contribution in [0.3, 0.4) is 0 Å². The molecule has 14 nitrogen and oxygen atoms in total. The number of aromatic amines is 2. The number of likely N-dealkylation sites (tertiary alicyclic amines) is 2. The quantitative estimate of drug-likeness (QED) is 0.0954. The van der Waals surface area contributed by atoms with Crippen LogP contribution in [0, 0.1) is 27.4 Å². The Balaban J connectivity index is 1.03. The van der Waals surface area contributed by atoms with Crippen LogP contribution in [0.5, 0.6) is 0 Å². The number of thiophene rings is 1. The molecule has 0 saturated carbocycles. The maximum Gasteiger partial charge on any atom is 0.407 e. The number of fused-ring (bicyclic) bond motifs is 1. The third kappa shape index (κ3) is 8.90. The van der Waals surface area contributed by atoms with Gasteiger partial charge in [0, 0.05) is 23.5 Å². The number of alkyl carbamates (subject to hydrolysis) is 2. The van der Waals surface area contributed by atoms with Gasteiger partial charge in [-0.1, -0.05) is 90.1 Å². The second kappa shape index (κ2) is 17.9. The second-order valence-electron chi connectivity index (χ2n) is 16.8. The van der Waals surface area contributed by atoms with E-state index in [0.717, 1.165) is 71.4 Å². The molecular weight excluding hydrogens is 896 g/mol. The van der Waals surface area contributed by atoms with E-state index in [-0.39, 0.29) is 41.7 Å². The smallest absolute Gasteiger partial charge is 0.407 e. The lowest BCUT2D eigenvalue weighted by Gasteiger charge is -2.30. The topological polar surface area (TPSA) is 175 Å². The van der Waals surface area contributed by atoms with Crippen LogP contribution in [0.4, 0.5) is 9.59 Å². The number of nitrogens with zero attached hydrogens (tertiary/aromatic N) is 4. The van der Waals surface area contributed by atoms with Crippen molar-refractivity contribution in [3.63, 3.8) is 0 Å². The number of aromatic nitrogens is 4. The van der Waals surface area contributed by atoms with Crippen LogP contribution in [-0.2, 0) is 19.1 Å². The van der Waals surface area contributed by atoms with E-state index in [1.807, 2.05) is 37.5 Å². The van der Waals surface area contributed by atoms with Gasteiger partial charge in [-0.2, -0.15) is 0 Å². The number of ether oxygens (including phenoxy) is 2. The van der Waals surface area contributed by atoms with Gasteiger partial charge in [-0.05, 0) is 81.9 Å². The molecule has 4 N–H and O–H groups in total. The summed E-state index contributed by atoms with van der Waals surface area (Å²) in [6.07, 6.45) is 0.307. The summed E-state index contributed by atoms with van der Waals surface area (Å²) >= 11 is 3.88. The molecule has 0 unspecified atom stereocenters. The molecular formula is C44H53IN8O6S. The highest BCUT2D eigenvalue weighted by molar-refractivity contribution is 14.1. The minimum Gasteiger partial charge on any atom is -0.453 e. The molecule has 5 aromatic rings. The summed E-state index contributed by atoms with van der Waals surface area (Å²) in [5.41, 5.74) is 6.00. The van der Waals surface area contributed by atoms with E-state index in [1.54, 1.807) is 11.3 Å². The highest BCUT2D eigenvalue weighted by Gasteiger charge is 2.42. The first-order chi connectivity index (χ1) is 28.6. The van der Waals surface area contributed by atoms with Gasteiger partial charge in [0.25, 0.3) is 0 Å². The lowest BCUT2D eigenvalue weighted by molar-refractivity contribution is -0.136. The summed E-state index contributed by atoms with van der Waals surface area (Å²) in [6.45, 7) is 13.1. The molecule has 2 fully saturated rings. The summed E-state index contributed by atoms with van der Waals surface area (Å²) in [4.78, 5) is 74.2. The number of rotatable bonds is 11. The Labute approximate surface area is 367 Å². The van der Waals surface area contributed by atoms with Gasteiger partial charge >= 0.3 is 12.2 Å². The number of hydrogen-bond acceptors (Lipinski definition) is 9. The molecule has 4 amide bonds. The average molecular weight is 949 g/mol. The first-order valence-corrected chi connectivity index (χ1v) is 22.3. The average Bonchev–Trinajstić information content (AvgIpc) is 4.07. The third-order valence-corrected chi connectivity index (χ3v) is 13.4. The number of benzene rings is 2. The Morgan fingerprint density at radius 1 is 0.717 bits per heavy atom. The van der Waals surface area contributed by atoms with E-state index >= 15 is 0 Å². The minimum absolute atomic E-state index is 0.108. The van der Waals surface area contributed by atoms with Crippen LogP contribution >= 0.6 is 33.9 Å². The summed E-state index contributed by atoms with van der Waals surface area (Å²) in [5.74, 6) is 1.57. The van der Waals surface area contributed by atoms with Crippen LogP contribution in [0.15, 0.2) is 54.6 Å². The normalized spacial score (nSPS) is 20.2. The molecule has 0 radical (unpaired) electrons. The fraction of sp³-hybridized carbons (Fsp3) is 0.455. The predicted octanol–water partition coefficient (Wildman–Crippen LogP) is 8.53. The van der Waals surface area contributed by atoms with Crippen molar-refractivity contribution in [2.45, 2.75) is 78.6 Å². The number of methoxy groups -OCH3 is 2. The van der Waals surface area contributed by atoms with Crippen LogP contribution in [0.25, 0.3) is 43.2 Å². The van der Waals surface area contributed by atoms with Crippen LogP contribution < -0.4 is 10.6 Å². The molecule has 3 aromatic heterocycles. The van der Waals surface area contributed by atoms with Crippen LogP contribution in [-0.4, -0.2) is 93.1 Å². The van der Waals surface area contributed by atoms with Crippen molar-refractivity contribution < 1.29 is 28.7 Å². The fourth-order valence-corrected chi connectivity index (χ4v) is 10.1. The maximum absolute atomic E-state index is 13.8. The first-order valence-electron chi connectivity index (χ1n) is 20.4. The van der Waals surface area contributed by atoms with E-state index in [1.165, 1.54) is 14.2 Å². The van der Waals surface area contributed by atoms with E-state index < -0.39 is 24.3 Å². The van der Waals surface area contributed by atoms with Gasteiger partial charge in [0.15, 0.2) is 0 Å². The van der Waals surface area contributed by atoms with Crippen LogP contribution in [0.1, 0.15) is 78.1 Å². The molecule has 0 spiro atoms. The number of H-pyrrole nitrogens is 2. The zero-order valence-electron chi connectivity index (χ0n) is 35.2. The predicted molar refractivity (Wildman–Crippen MR) is 240 cm³/mol. The fourth-order valence-electron chi connectivity index (χ4n) is 8.36. The van der Waals surface area contributed by atoms with Crippen molar-refractivity contribution in [1.82, 2.24) is 40.4 Å². The SMILES string of the molecule is COC(=O)N[C@H](C(=O)N1C[C@@H](C)C[C@H]1c1nc(I)c(-c2ccc(-c3ccc(-c4cc5nc([C@@H]6C[C@H](C)CN6C(=O)[C@@H](NC(=O)OC)C(C)C)[nH]c5s4)cc3)cc2)[nH]1)C(C)C. The molecule has 0 aliphatic carbocycles. The number of carbonyl (C=O) groups is 4. The molecule has 318 valence electrons. The van der Waals surface area contributed by atoms with Gasteiger partial charge in [-0.3, -0.25) is 9.59 Å². The molecule has 60 heavy (non-hydrogen) atoms. The second-order valence-corrected chi connectivity index (χ2v) is 18.9. The van der Waals surface area contributed by atoms with Gasteiger partial charge in [-0.25, -0.2) is 19.6 Å². The van der Waals surface area contributed by atoms with Gasteiger partial charge in [-0.15, -0.1) is 11.3 Å². The summed E-state index contributed by atoms with van der Waals surface area (Å²) < 4.78 is 10.4. The lowest BCUT2D eigenvalue weighted by Crippen LogP contribution is -2.51. The van der Waals surface area contributed by atoms with E-state index in [4.69, 9.17) is 19.4 Å². The lowest BCUT2D eigenvalue weighted by atomic mass is 10.0. The number of halogens is 1. The number of imidazole rings is 2. The highest BCUT2D eigenvalue weighted by atomic mass is 127. The zero-order valence-corrected chi connectivity index (χ0v) is 38.1. The Hall–Kier alpha value is -4.97. The molecule has 5 heterocycles. The molecule has 6 atom stereocenters. The Kier molecular flexibility index (Phi) is 12.9. The van der Waals surface area contributed by atoms with Crippen molar-refractivity contribution in [2.75, 3.05) is 27.3 Å². The summed E-state index contributed by atoms with van der Waals surface area (Å²) in [6, 6.07) is 17.1. The van der Waals surface area contributed by atoms with Gasteiger partial charge in [0.05, 0.1) is 32.0 Å². The maximum atomic E-state index is 13.8. The number of carbonyl (C=O) groups excluding carboxylic acids is 4. The van der Waals surface area contributed by atoms with Crippen molar-refractivity contribution in [1.29, 1.82) is 0 Å². The van der Waals surface area contributed by atoms with Crippen LogP contribution in [0.2, 0.25) is 0 Å². The van der Waals surface area contributed by atoms with E-state index in [0.29, 0.717) is 19.0 Å². The summed E-state index contributed by atoms with van der Waals surface area (Å²) in [7, 11) is 2.59. The zero-order chi connectivity index (χ0) is 43.0. The molecule has 0 bridgehead atoms. The van der Waals surface area contributed by atoms with E-state index in [9.17, 15) is 19.2 Å². The Morgan fingerprint density at radius 3 is 1.62 bits per heavy atom. The van der Waals surface area contributed by atoms with Gasteiger partial charge < -0.3 is 39.9 Å². The van der Waals surface area contributed by atoms with Crippen molar-refractivity contribution in [3.8, 4) is 32.8 Å². The van der Waals surface area contributed by atoms with Crippen molar-refractivity contribution in [2.24, 2.45) is 23.7 Å². The van der Waals surface area contributed by atoms with Gasteiger partial charge in [0.2, 0.25) is 11.8 Å².